The number of pyridine rings is 1. The van der Waals surface area contributed by atoms with Gasteiger partial charge in [-0.15, -0.1) is 0 Å². The van der Waals surface area contributed by atoms with E-state index >= 15 is 0 Å². The fourth-order valence-electron chi connectivity index (χ4n) is 3.05. The maximum Gasteiger partial charge on any atom is 0.383 e. The molecule has 2 unspecified atom stereocenters. The number of hydrogen-bond acceptors (Lipinski definition) is 5. The number of alkyl halides is 2. The molecule has 3 N–H and O–H groups in total. The van der Waals surface area contributed by atoms with Gasteiger partial charge in [-0.2, -0.15) is 8.78 Å². The number of carbonyl (C=O) groups is 2. The Morgan fingerprint density at radius 2 is 1.78 bits per heavy atom. The van der Waals surface area contributed by atoms with Crippen LogP contribution < -0.4 is 15.8 Å². The second-order valence-electron chi connectivity index (χ2n) is 7.27. The molecule has 6 nitrogen and oxygen atoms in total. The van der Waals surface area contributed by atoms with Crippen LogP contribution in [0.15, 0.2) is 79.1 Å². The average molecular weight is 439 g/mol. The molecule has 32 heavy (non-hydrogen) atoms. The summed E-state index contributed by atoms with van der Waals surface area (Å²) in [6, 6.07) is 17.0. The van der Waals surface area contributed by atoms with Crippen LogP contribution in [-0.4, -0.2) is 28.6 Å². The van der Waals surface area contributed by atoms with Crippen molar-refractivity contribution in [1.82, 2.24) is 10.3 Å². The van der Waals surface area contributed by atoms with Crippen LogP contribution >= 0.6 is 0 Å². The molecule has 0 aliphatic carbocycles. The number of Topliss-reactive ketones (excluding diaryl/α,β-unsaturated/α-hetero) is 1. The zero-order valence-electron chi connectivity index (χ0n) is 17.4. The van der Waals surface area contributed by atoms with E-state index < -0.39 is 29.7 Å². The molecule has 3 aromatic rings. The van der Waals surface area contributed by atoms with Crippen LogP contribution in [0.2, 0.25) is 0 Å². The second kappa shape index (κ2) is 10.1. The third-order valence-corrected chi connectivity index (χ3v) is 4.74. The van der Waals surface area contributed by atoms with Crippen molar-refractivity contribution in [2.45, 2.75) is 31.5 Å². The number of amides is 1. The number of nitrogens with two attached hydrogens (primary N) is 1. The smallest absolute Gasteiger partial charge is 0.383 e. The Hall–Kier alpha value is -3.65. The molecule has 0 aliphatic heterocycles. The van der Waals surface area contributed by atoms with Gasteiger partial charge in [-0.25, -0.2) is 0 Å². The molecule has 0 spiro atoms. The number of ether oxygens (including phenoxy) is 1. The summed E-state index contributed by atoms with van der Waals surface area (Å²) < 4.78 is 34.5. The molecule has 0 aliphatic rings. The number of rotatable bonds is 9. The highest BCUT2D eigenvalue weighted by molar-refractivity contribution is 6.09. The van der Waals surface area contributed by atoms with Gasteiger partial charge in [0, 0.05) is 12.4 Å². The van der Waals surface area contributed by atoms with Crippen molar-refractivity contribution in [3.8, 4) is 5.75 Å². The van der Waals surface area contributed by atoms with Gasteiger partial charge in [-0.1, -0.05) is 48.5 Å². The lowest BCUT2D eigenvalue weighted by Crippen LogP contribution is -2.52. The van der Waals surface area contributed by atoms with Crippen molar-refractivity contribution in [1.29, 1.82) is 0 Å². The van der Waals surface area contributed by atoms with E-state index in [0.29, 0.717) is 23.5 Å². The zero-order chi connectivity index (χ0) is 23.1. The molecule has 1 heterocycles. The fourth-order valence-corrected chi connectivity index (χ4v) is 3.05. The van der Waals surface area contributed by atoms with Gasteiger partial charge >= 0.3 is 5.92 Å². The highest BCUT2D eigenvalue weighted by Crippen LogP contribution is 2.27. The average Bonchev–Trinajstić information content (AvgIpc) is 2.81. The molecule has 3 rings (SSSR count). The van der Waals surface area contributed by atoms with Crippen LogP contribution in [-0.2, 0) is 16.2 Å². The van der Waals surface area contributed by atoms with Gasteiger partial charge in [0.2, 0.25) is 5.78 Å². The third-order valence-electron chi connectivity index (χ3n) is 4.74. The van der Waals surface area contributed by atoms with Gasteiger partial charge in [0.25, 0.3) is 5.91 Å². The van der Waals surface area contributed by atoms with E-state index in [1.165, 1.54) is 12.4 Å². The summed E-state index contributed by atoms with van der Waals surface area (Å²) in [6.45, 7) is 1.42. The van der Waals surface area contributed by atoms with Crippen LogP contribution in [0, 0.1) is 0 Å². The molecule has 2 aromatic carbocycles. The fraction of sp³-hybridized carbons (Fsp3) is 0.208. The van der Waals surface area contributed by atoms with E-state index in [1.807, 2.05) is 30.3 Å². The first-order valence-electron chi connectivity index (χ1n) is 9.94. The number of aromatic nitrogens is 1. The first kappa shape index (κ1) is 23.0. The lowest BCUT2D eigenvalue weighted by Gasteiger charge is -2.23. The van der Waals surface area contributed by atoms with Crippen molar-refractivity contribution in [2.24, 2.45) is 5.73 Å². The topological polar surface area (TPSA) is 94.3 Å². The van der Waals surface area contributed by atoms with E-state index in [2.05, 4.69) is 10.3 Å². The Balaban J connectivity index is 1.87. The van der Waals surface area contributed by atoms with Crippen molar-refractivity contribution >= 4 is 11.7 Å². The Labute approximate surface area is 184 Å². The molecule has 1 amide bonds. The van der Waals surface area contributed by atoms with Crippen LogP contribution in [0.4, 0.5) is 8.78 Å². The van der Waals surface area contributed by atoms with Gasteiger partial charge in [0.15, 0.2) is 0 Å². The molecule has 1 aromatic heterocycles. The lowest BCUT2D eigenvalue weighted by atomic mass is 9.98. The number of nitrogens with one attached hydrogen (secondary N) is 1. The monoisotopic (exact) mass is 439 g/mol. The summed E-state index contributed by atoms with van der Waals surface area (Å²) in [5, 5.41) is 2.27. The summed E-state index contributed by atoms with van der Waals surface area (Å²) >= 11 is 0. The first-order valence-corrected chi connectivity index (χ1v) is 9.94. The highest BCUT2D eigenvalue weighted by Gasteiger charge is 2.49. The van der Waals surface area contributed by atoms with E-state index in [1.54, 1.807) is 36.4 Å². The Morgan fingerprint density at radius 1 is 1.06 bits per heavy atom. The van der Waals surface area contributed by atoms with Crippen LogP contribution in [0.25, 0.3) is 0 Å². The number of halogens is 2. The van der Waals surface area contributed by atoms with E-state index in [9.17, 15) is 18.4 Å². The molecular weight excluding hydrogens is 416 g/mol. The minimum absolute atomic E-state index is 0.315. The van der Waals surface area contributed by atoms with Gasteiger partial charge < -0.3 is 15.8 Å². The van der Waals surface area contributed by atoms with Crippen LogP contribution in [0.3, 0.4) is 0 Å². The summed E-state index contributed by atoms with van der Waals surface area (Å²) in [6.07, 6.45) is 2.98. The summed E-state index contributed by atoms with van der Waals surface area (Å²) in [7, 11) is 0. The Bertz CT molecular complexity index is 1060. The van der Waals surface area contributed by atoms with E-state index in [0.717, 1.165) is 12.5 Å². The standard InChI is InChI=1S/C24H23F2N3O3/c1-16(27)22(30)24(25,26)23(31)29-21(19-10-6-12-28-14-19)18-9-5-11-20(13-18)32-15-17-7-3-2-4-8-17/h2-14,16,21H,15,27H2,1H3,(H,29,31). The minimum atomic E-state index is -4.27. The maximum atomic E-state index is 14.4. The predicted octanol–water partition coefficient (Wildman–Crippen LogP) is 3.42. The summed E-state index contributed by atoms with van der Waals surface area (Å²) in [4.78, 5) is 28.1. The van der Waals surface area contributed by atoms with Crippen molar-refractivity contribution in [2.75, 3.05) is 0 Å². The van der Waals surface area contributed by atoms with Gasteiger partial charge in [-0.05, 0) is 41.8 Å². The number of nitrogens with zero attached hydrogens (tertiary/aromatic N) is 1. The molecule has 166 valence electrons. The van der Waals surface area contributed by atoms with Crippen molar-refractivity contribution in [3.63, 3.8) is 0 Å². The quantitative estimate of drug-likeness (QED) is 0.499. The van der Waals surface area contributed by atoms with Gasteiger partial charge in [-0.3, -0.25) is 14.6 Å². The lowest BCUT2D eigenvalue weighted by molar-refractivity contribution is -0.159. The Kier molecular flexibility index (Phi) is 7.27. The molecule has 2 atom stereocenters. The number of ketones is 1. The first-order chi connectivity index (χ1) is 15.3. The van der Waals surface area contributed by atoms with Crippen LogP contribution in [0.1, 0.15) is 29.7 Å². The normalized spacial score (nSPS) is 13.1. The molecule has 0 saturated heterocycles. The van der Waals surface area contributed by atoms with E-state index in [-0.39, 0.29) is 0 Å². The number of hydrogen-bond donors (Lipinski definition) is 2. The van der Waals surface area contributed by atoms with E-state index in [4.69, 9.17) is 10.5 Å². The number of benzene rings is 2. The molecule has 0 bridgehead atoms. The SMILES string of the molecule is CC(N)C(=O)C(F)(F)C(=O)NC(c1cccnc1)c1cccc(OCc2ccccc2)c1. The maximum absolute atomic E-state index is 14.4. The molecule has 0 radical (unpaired) electrons. The van der Waals surface area contributed by atoms with Gasteiger partial charge in [0.05, 0.1) is 12.1 Å². The molecule has 8 heteroatoms. The minimum Gasteiger partial charge on any atom is -0.489 e. The number of carbonyl (C=O) groups excluding carboxylic acids is 2. The van der Waals surface area contributed by atoms with Crippen LogP contribution in [0.5, 0.6) is 5.75 Å². The summed E-state index contributed by atoms with van der Waals surface area (Å²) in [5.41, 5.74) is 7.19. The largest absolute Gasteiger partial charge is 0.489 e. The molecule has 0 fully saturated rings. The highest BCUT2D eigenvalue weighted by atomic mass is 19.3. The zero-order valence-corrected chi connectivity index (χ0v) is 17.4. The molecular formula is C24H23F2N3O3. The van der Waals surface area contributed by atoms with Gasteiger partial charge in [0.1, 0.15) is 12.4 Å². The third kappa shape index (κ3) is 5.53. The van der Waals surface area contributed by atoms with Crippen molar-refractivity contribution in [3.05, 3.63) is 95.8 Å². The summed E-state index contributed by atoms with van der Waals surface area (Å²) in [5.74, 6) is -7.16. The molecule has 0 saturated carbocycles. The Morgan fingerprint density at radius 3 is 2.44 bits per heavy atom. The van der Waals surface area contributed by atoms with Crippen molar-refractivity contribution < 1.29 is 23.1 Å². The predicted molar refractivity (Wildman–Crippen MR) is 115 cm³/mol. The second-order valence-corrected chi connectivity index (χ2v) is 7.27.